The molecule has 0 saturated heterocycles. The first-order valence-electron chi connectivity index (χ1n) is 6.69. The van der Waals surface area contributed by atoms with Gasteiger partial charge in [-0.25, -0.2) is 0 Å². The van der Waals surface area contributed by atoms with Crippen LogP contribution in [-0.2, 0) is 6.42 Å². The largest absolute Gasteiger partial charge is 0.496 e. The fourth-order valence-corrected chi connectivity index (χ4v) is 3.04. The minimum Gasteiger partial charge on any atom is -0.496 e. The maximum Gasteiger partial charge on any atom is 0.122 e. The van der Waals surface area contributed by atoms with E-state index in [2.05, 4.69) is 31.9 Å². The summed E-state index contributed by atoms with van der Waals surface area (Å²) in [5.41, 5.74) is 4.17. The number of aryl methyl sites for hydroxylation is 2. The van der Waals surface area contributed by atoms with E-state index in [0.29, 0.717) is 6.42 Å². The van der Waals surface area contributed by atoms with Crippen molar-refractivity contribution in [3.63, 3.8) is 0 Å². The lowest BCUT2D eigenvalue weighted by molar-refractivity contribution is 0.177. The lowest BCUT2D eigenvalue weighted by Crippen LogP contribution is -2.04. The highest BCUT2D eigenvalue weighted by Crippen LogP contribution is 2.30. The molecule has 0 aliphatic heterocycles. The number of rotatable bonds is 4. The van der Waals surface area contributed by atoms with Gasteiger partial charge in [-0.2, -0.15) is 0 Å². The normalized spacial score (nSPS) is 12.3. The average molecular weight is 414 g/mol. The van der Waals surface area contributed by atoms with E-state index in [9.17, 15) is 5.11 Å². The van der Waals surface area contributed by atoms with Gasteiger partial charge in [0.05, 0.1) is 13.2 Å². The molecule has 21 heavy (non-hydrogen) atoms. The van der Waals surface area contributed by atoms with Gasteiger partial charge in [0.2, 0.25) is 0 Å². The van der Waals surface area contributed by atoms with Gasteiger partial charge in [-0.05, 0) is 54.3 Å². The summed E-state index contributed by atoms with van der Waals surface area (Å²) in [7, 11) is 1.65. The molecule has 0 aliphatic carbocycles. The molecular weight excluding hydrogens is 396 g/mol. The molecule has 2 aromatic carbocycles. The molecular formula is C17H18Br2O2. The molecule has 1 N–H and O–H groups in total. The van der Waals surface area contributed by atoms with Gasteiger partial charge in [-0.1, -0.05) is 44.0 Å². The molecule has 0 aromatic heterocycles. The molecule has 2 rings (SSSR count). The highest BCUT2D eigenvalue weighted by atomic mass is 79.9. The van der Waals surface area contributed by atoms with Gasteiger partial charge in [-0.3, -0.25) is 0 Å². The number of hydrogen-bond acceptors (Lipinski definition) is 2. The molecule has 0 saturated carbocycles. The van der Waals surface area contributed by atoms with Gasteiger partial charge in [0.15, 0.2) is 0 Å². The molecule has 0 amide bonds. The SMILES string of the molecule is COc1ccc(Br)cc1CC(O)c1cc(C)c(Br)c(C)c1. The van der Waals surface area contributed by atoms with Crippen LogP contribution in [0.4, 0.5) is 0 Å². The van der Waals surface area contributed by atoms with E-state index in [1.54, 1.807) is 7.11 Å². The summed E-state index contributed by atoms with van der Waals surface area (Å²) in [5, 5.41) is 10.5. The van der Waals surface area contributed by atoms with Crippen LogP contribution >= 0.6 is 31.9 Å². The van der Waals surface area contributed by atoms with Crippen molar-refractivity contribution < 1.29 is 9.84 Å². The third kappa shape index (κ3) is 3.87. The molecule has 0 spiro atoms. The van der Waals surface area contributed by atoms with Crippen molar-refractivity contribution in [3.05, 3.63) is 61.5 Å². The van der Waals surface area contributed by atoms with Crippen molar-refractivity contribution in [3.8, 4) is 5.75 Å². The first-order chi connectivity index (χ1) is 9.92. The van der Waals surface area contributed by atoms with E-state index in [4.69, 9.17) is 4.74 Å². The third-order valence-electron chi connectivity index (χ3n) is 3.50. The molecule has 0 radical (unpaired) electrons. The zero-order valence-corrected chi connectivity index (χ0v) is 15.5. The van der Waals surface area contributed by atoms with E-state index in [0.717, 1.165) is 36.9 Å². The van der Waals surface area contributed by atoms with Crippen LogP contribution in [0.5, 0.6) is 5.75 Å². The maximum atomic E-state index is 10.5. The molecule has 2 aromatic rings. The number of methoxy groups -OCH3 is 1. The average Bonchev–Trinajstić information content (AvgIpc) is 2.44. The Bertz CT molecular complexity index is 630. The molecule has 1 atom stereocenters. The number of aliphatic hydroxyl groups is 1. The third-order valence-corrected chi connectivity index (χ3v) is 5.24. The van der Waals surface area contributed by atoms with Gasteiger partial charge in [0, 0.05) is 15.4 Å². The monoisotopic (exact) mass is 412 g/mol. The quantitative estimate of drug-likeness (QED) is 0.754. The standard InChI is InChI=1S/C17H18Br2O2/c1-10-6-12(7-11(2)17(10)19)15(20)9-13-8-14(18)4-5-16(13)21-3/h4-8,15,20H,9H2,1-3H3. The summed E-state index contributed by atoms with van der Waals surface area (Å²) in [6.07, 6.45) is -0.0398. The summed E-state index contributed by atoms with van der Waals surface area (Å²) >= 11 is 7.01. The summed E-state index contributed by atoms with van der Waals surface area (Å²) in [6, 6.07) is 9.87. The molecule has 1 unspecified atom stereocenters. The lowest BCUT2D eigenvalue weighted by Gasteiger charge is -2.16. The highest BCUT2D eigenvalue weighted by Gasteiger charge is 2.14. The Morgan fingerprint density at radius 3 is 2.29 bits per heavy atom. The van der Waals surface area contributed by atoms with Gasteiger partial charge in [0.25, 0.3) is 0 Å². The Morgan fingerprint density at radius 2 is 1.71 bits per heavy atom. The fourth-order valence-electron chi connectivity index (χ4n) is 2.40. The predicted octanol–water partition coefficient (Wildman–Crippen LogP) is 5.11. The molecule has 112 valence electrons. The number of hydrogen-bond donors (Lipinski definition) is 1. The molecule has 4 heteroatoms. The van der Waals surface area contributed by atoms with Gasteiger partial charge >= 0.3 is 0 Å². The van der Waals surface area contributed by atoms with Crippen LogP contribution in [0.1, 0.15) is 28.4 Å². The topological polar surface area (TPSA) is 29.5 Å². The summed E-state index contributed by atoms with van der Waals surface area (Å²) in [6.45, 7) is 4.07. The molecule has 0 fully saturated rings. The van der Waals surface area contributed by atoms with Crippen LogP contribution in [0.2, 0.25) is 0 Å². The predicted molar refractivity (Wildman–Crippen MR) is 93.0 cm³/mol. The second-order valence-electron chi connectivity index (χ2n) is 5.14. The number of aliphatic hydroxyl groups excluding tert-OH is 1. The molecule has 2 nitrogen and oxygen atoms in total. The second-order valence-corrected chi connectivity index (χ2v) is 6.85. The van der Waals surface area contributed by atoms with E-state index < -0.39 is 6.10 Å². The fraction of sp³-hybridized carbons (Fsp3) is 0.294. The Kier molecular flexibility index (Phi) is 5.47. The zero-order valence-electron chi connectivity index (χ0n) is 12.3. The van der Waals surface area contributed by atoms with Crippen molar-refractivity contribution in [2.75, 3.05) is 7.11 Å². The van der Waals surface area contributed by atoms with Crippen LogP contribution < -0.4 is 4.74 Å². The minimum atomic E-state index is -0.557. The van der Waals surface area contributed by atoms with Crippen LogP contribution in [0.15, 0.2) is 39.3 Å². The number of ether oxygens (including phenoxy) is 1. The summed E-state index contributed by atoms with van der Waals surface area (Å²) in [4.78, 5) is 0. The summed E-state index contributed by atoms with van der Waals surface area (Å²) < 4.78 is 7.44. The second kappa shape index (κ2) is 6.95. The van der Waals surface area contributed by atoms with E-state index in [1.165, 1.54) is 0 Å². The Balaban J connectivity index is 2.30. The van der Waals surface area contributed by atoms with Gasteiger partial charge < -0.3 is 9.84 Å². The van der Waals surface area contributed by atoms with Crippen molar-refractivity contribution >= 4 is 31.9 Å². The van der Waals surface area contributed by atoms with Gasteiger partial charge in [0.1, 0.15) is 5.75 Å². The van der Waals surface area contributed by atoms with Crippen molar-refractivity contribution in [1.82, 2.24) is 0 Å². The molecule has 0 heterocycles. The zero-order chi connectivity index (χ0) is 15.6. The number of halogens is 2. The van der Waals surface area contributed by atoms with Crippen LogP contribution in [0, 0.1) is 13.8 Å². The van der Waals surface area contributed by atoms with Crippen molar-refractivity contribution in [2.45, 2.75) is 26.4 Å². The van der Waals surface area contributed by atoms with Crippen molar-refractivity contribution in [2.24, 2.45) is 0 Å². The van der Waals surface area contributed by atoms with E-state index >= 15 is 0 Å². The maximum absolute atomic E-state index is 10.5. The van der Waals surface area contributed by atoms with E-state index in [-0.39, 0.29) is 0 Å². The smallest absolute Gasteiger partial charge is 0.122 e. The summed E-state index contributed by atoms with van der Waals surface area (Å²) in [5.74, 6) is 0.794. The minimum absolute atomic E-state index is 0.517. The Morgan fingerprint density at radius 1 is 1.10 bits per heavy atom. The van der Waals surface area contributed by atoms with Crippen molar-refractivity contribution in [1.29, 1.82) is 0 Å². The van der Waals surface area contributed by atoms with E-state index in [1.807, 2.05) is 44.2 Å². The first-order valence-corrected chi connectivity index (χ1v) is 8.28. The Hall–Kier alpha value is -0.840. The first kappa shape index (κ1) is 16.5. The van der Waals surface area contributed by atoms with Crippen LogP contribution in [0.3, 0.4) is 0 Å². The highest BCUT2D eigenvalue weighted by molar-refractivity contribution is 9.10. The van der Waals surface area contributed by atoms with Crippen LogP contribution in [-0.4, -0.2) is 12.2 Å². The molecule has 0 bridgehead atoms. The van der Waals surface area contributed by atoms with Crippen LogP contribution in [0.25, 0.3) is 0 Å². The lowest BCUT2D eigenvalue weighted by atomic mass is 9.97. The molecule has 0 aliphatic rings. The van der Waals surface area contributed by atoms with Gasteiger partial charge in [-0.15, -0.1) is 0 Å². The number of benzene rings is 2. The Labute approximate surface area is 142 Å².